The van der Waals surface area contributed by atoms with Crippen molar-refractivity contribution in [2.45, 2.75) is 13.3 Å². The van der Waals surface area contributed by atoms with Gasteiger partial charge >= 0.3 is 0 Å². The topological polar surface area (TPSA) is 39.9 Å². The quantitative estimate of drug-likeness (QED) is 0.337. The number of halogens is 2. The summed E-state index contributed by atoms with van der Waals surface area (Å²) in [7, 11) is 1.59. The molecule has 0 saturated heterocycles. The fourth-order valence-electron chi connectivity index (χ4n) is 3.98. The van der Waals surface area contributed by atoms with Gasteiger partial charge < -0.3 is 4.74 Å². The molecule has 0 aliphatic carbocycles. The Hall–Kier alpha value is -3.80. The van der Waals surface area contributed by atoms with Crippen molar-refractivity contribution in [3.8, 4) is 22.7 Å². The van der Waals surface area contributed by atoms with Crippen LogP contribution in [0.4, 0.5) is 8.78 Å². The van der Waals surface area contributed by atoms with E-state index in [4.69, 9.17) is 9.72 Å². The van der Waals surface area contributed by atoms with Crippen molar-refractivity contribution in [2.24, 2.45) is 0 Å². The van der Waals surface area contributed by atoms with Crippen LogP contribution in [0, 0.1) is 6.92 Å². The number of rotatable bonds is 4. The maximum absolute atomic E-state index is 14.1. The van der Waals surface area contributed by atoms with Crippen LogP contribution in [0.1, 0.15) is 17.7 Å². The number of ether oxygens (including phenoxy) is 1. The number of aryl methyl sites for hydroxylation is 1. The van der Waals surface area contributed by atoms with Crippen LogP contribution in [0.25, 0.3) is 38.8 Å². The van der Waals surface area contributed by atoms with Crippen molar-refractivity contribution in [1.82, 2.24) is 14.8 Å². The molecule has 5 aromatic rings. The lowest BCUT2D eigenvalue weighted by molar-refractivity contribution is 0.153. The van der Waals surface area contributed by atoms with Crippen molar-refractivity contribution in [3.05, 3.63) is 84.1 Å². The number of pyridine rings is 1. The number of methoxy groups -OCH3 is 1. The highest BCUT2D eigenvalue weighted by Crippen LogP contribution is 2.36. The summed E-state index contributed by atoms with van der Waals surface area (Å²) in [6.45, 7) is 1.73. The first kappa shape index (κ1) is 19.2. The number of nitrogens with zero attached hydrogens (tertiary/aromatic N) is 3. The summed E-state index contributed by atoms with van der Waals surface area (Å²) < 4.78 is 35.1. The van der Waals surface area contributed by atoms with Gasteiger partial charge in [-0.2, -0.15) is 5.10 Å². The molecule has 0 saturated carbocycles. The molecule has 154 valence electrons. The van der Waals surface area contributed by atoms with Gasteiger partial charge in [-0.05, 0) is 48.0 Å². The highest BCUT2D eigenvalue weighted by molar-refractivity contribution is 5.97. The fourth-order valence-corrected chi connectivity index (χ4v) is 3.98. The third kappa shape index (κ3) is 3.20. The van der Waals surface area contributed by atoms with Gasteiger partial charge in [0, 0.05) is 11.1 Å². The van der Waals surface area contributed by atoms with Gasteiger partial charge in [-0.15, -0.1) is 0 Å². The molecule has 0 radical (unpaired) electrons. The van der Waals surface area contributed by atoms with Crippen molar-refractivity contribution >= 4 is 21.8 Å². The Morgan fingerprint density at radius 3 is 2.42 bits per heavy atom. The van der Waals surface area contributed by atoms with E-state index in [2.05, 4.69) is 5.10 Å². The van der Waals surface area contributed by atoms with Gasteiger partial charge in [0.2, 0.25) is 0 Å². The predicted octanol–water partition coefficient (Wildman–Crippen LogP) is 6.50. The Morgan fingerprint density at radius 1 is 0.935 bits per heavy atom. The number of hydrogen-bond acceptors (Lipinski definition) is 3. The van der Waals surface area contributed by atoms with Crippen LogP contribution in [0.5, 0.6) is 5.75 Å². The fraction of sp³-hybridized carbons (Fsp3) is 0.120. The summed E-state index contributed by atoms with van der Waals surface area (Å²) >= 11 is 0. The van der Waals surface area contributed by atoms with E-state index in [0.29, 0.717) is 28.2 Å². The summed E-state index contributed by atoms with van der Waals surface area (Å²) in [4.78, 5) is 4.81. The van der Waals surface area contributed by atoms with E-state index in [1.807, 2.05) is 54.6 Å². The molecule has 2 aromatic heterocycles. The summed E-state index contributed by atoms with van der Waals surface area (Å²) in [6, 6.07) is 22.4. The van der Waals surface area contributed by atoms with Crippen LogP contribution in [0.3, 0.4) is 0 Å². The molecule has 0 N–H and O–H groups in total. The second-order valence-corrected chi connectivity index (χ2v) is 7.32. The molecule has 5 rings (SSSR count). The lowest BCUT2D eigenvalue weighted by Gasteiger charge is -2.11. The van der Waals surface area contributed by atoms with E-state index in [0.717, 1.165) is 22.0 Å². The number of alkyl halides is 2. The Balaban J connectivity index is 1.81. The number of fused-ring (bicyclic) bond motifs is 2. The Kier molecular flexibility index (Phi) is 4.62. The molecule has 0 fully saturated rings. The van der Waals surface area contributed by atoms with Gasteiger partial charge in [-0.1, -0.05) is 42.5 Å². The second kappa shape index (κ2) is 7.47. The van der Waals surface area contributed by atoms with E-state index < -0.39 is 6.43 Å². The number of aromatic nitrogens is 3. The van der Waals surface area contributed by atoms with Crippen molar-refractivity contribution < 1.29 is 13.5 Å². The molecule has 0 spiro atoms. The average Bonchev–Trinajstić information content (AvgIpc) is 3.14. The minimum Gasteiger partial charge on any atom is -0.497 e. The van der Waals surface area contributed by atoms with Crippen LogP contribution in [-0.4, -0.2) is 21.9 Å². The minimum atomic E-state index is -2.65. The molecule has 6 heteroatoms. The van der Waals surface area contributed by atoms with E-state index in [1.54, 1.807) is 30.8 Å². The number of hydrogen-bond donors (Lipinski definition) is 0. The zero-order chi connectivity index (χ0) is 21.5. The van der Waals surface area contributed by atoms with Crippen molar-refractivity contribution in [3.63, 3.8) is 0 Å². The smallest absolute Gasteiger partial charge is 0.264 e. The highest BCUT2D eigenvalue weighted by Gasteiger charge is 2.22. The van der Waals surface area contributed by atoms with E-state index in [-0.39, 0.29) is 5.56 Å². The summed E-state index contributed by atoms with van der Waals surface area (Å²) in [5.74, 6) is 0.703. The van der Waals surface area contributed by atoms with Gasteiger partial charge in [-0.25, -0.2) is 18.4 Å². The normalized spacial score (nSPS) is 11.5. The highest BCUT2D eigenvalue weighted by atomic mass is 19.3. The lowest BCUT2D eigenvalue weighted by atomic mass is 10.00. The zero-order valence-electron chi connectivity index (χ0n) is 17.0. The first-order valence-corrected chi connectivity index (χ1v) is 9.88. The standard InChI is InChI=1S/C25H19F2N3O/c1-15-23-21(24(26)27)14-22(20-9-5-7-16-6-3-4-8-19(16)20)28-25(23)30(29-15)17-10-12-18(31-2)13-11-17/h3-14,24H,1-2H3. The third-order valence-electron chi connectivity index (χ3n) is 5.46. The Labute approximate surface area is 177 Å². The first-order chi connectivity index (χ1) is 15.1. The molecule has 0 unspecified atom stereocenters. The minimum absolute atomic E-state index is 0.0646. The predicted molar refractivity (Wildman–Crippen MR) is 118 cm³/mol. The molecule has 4 nitrogen and oxygen atoms in total. The molecule has 0 aliphatic heterocycles. The SMILES string of the molecule is COc1ccc(-n2nc(C)c3c(C(F)F)cc(-c4cccc5ccccc45)nc32)cc1. The molecule has 0 bridgehead atoms. The van der Waals surface area contributed by atoms with Gasteiger partial charge in [0.1, 0.15) is 5.75 Å². The monoisotopic (exact) mass is 415 g/mol. The molecule has 0 atom stereocenters. The van der Waals surface area contributed by atoms with Gasteiger partial charge in [0.15, 0.2) is 5.65 Å². The maximum atomic E-state index is 14.1. The summed E-state index contributed by atoms with van der Waals surface area (Å²) in [5.41, 5.74) is 2.88. The van der Waals surface area contributed by atoms with Gasteiger partial charge in [-0.3, -0.25) is 0 Å². The number of benzene rings is 3. The molecule has 2 heterocycles. The molecular formula is C25H19F2N3O. The molecule has 3 aromatic carbocycles. The van der Waals surface area contributed by atoms with E-state index in [9.17, 15) is 8.78 Å². The van der Waals surface area contributed by atoms with Gasteiger partial charge in [0.05, 0.1) is 29.6 Å². The maximum Gasteiger partial charge on any atom is 0.264 e. The zero-order valence-corrected chi connectivity index (χ0v) is 17.0. The second-order valence-electron chi connectivity index (χ2n) is 7.32. The Morgan fingerprint density at radius 2 is 1.68 bits per heavy atom. The molecule has 0 amide bonds. The average molecular weight is 415 g/mol. The van der Waals surface area contributed by atoms with Crippen molar-refractivity contribution in [1.29, 1.82) is 0 Å². The molecule has 0 aliphatic rings. The van der Waals surface area contributed by atoms with Crippen LogP contribution >= 0.6 is 0 Å². The van der Waals surface area contributed by atoms with Crippen molar-refractivity contribution in [2.75, 3.05) is 7.11 Å². The van der Waals surface area contributed by atoms with Crippen LogP contribution in [-0.2, 0) is 0 Å². The summed E-state index contributed by atoms with van der Waals surface area (Å²) in [5, 5.41) is 6.91. The molecule has 31 heavy (non-hydrogen) atoms. The van der Waals surface area contributed by atoms with Crippen LogP contribution < -0.4 is 4.74 Å². The van der Waals surface area contributed by atoms with Crippen LogP contribution in [0.15, 0.2) is 72.8 Å². The van der Waals surface area contributed by atoms with E-state index in [1.165, 1.54) is 6.07 Å². The van der Waals surface area contributed by atoms with Crippen LogP contribution in [0.2, 0.25) is 0 Å². The summed E-state index contributed by atoms with van der Waals surface area (Å²) in [6.07, 6.45) is -2.65. The largest absolute Gasteiger partial charge is 0.497 e. The lowest BCUT2D eigenvalue weighted by Crippen LogP contribution is -2.00. The third-order valence-corrected chi connectivity index (χ3v) is 5.46. The van der Waals surface area contributed by atoms with Gasteiger partial charge in [0.25, 0.3) is 6.43 Å². The Bertz CT molecular complexity index is 1400. The van der Waals surface area contributed by atoms with E-state index >= 15 is 0 Å². The first-order valence-electron chi connectivity index (χ1n) is 9.88. The molecular weight excluding hydrogens is 396 g/mol.